The van der Waals surface area contributed by atoms with Crippen LogP contribution in [0, 0.1) is 6.92 Å². The van der Waals surface area contributed by atoms with Crippen molar-refractivity contribution >= 4 is 11.6 Å². The number of hydrogen-bond acceptors (Lipinski definition) is 4. The Morgan fingerprint density at radius 2 is 1.74 bits per heavy atom. The number of ether oxygens (including phenoxy) is 1. The smallest absolute Gasteiger partial charge is 0.255 e. The fraction of sp³-hybridized carbons (Fsp3) is 0.0556. The Kier molecular flexibility index (Phi) is 4.29. The first-order valence-corrected chi connectivity index (χ1v) is 7.13. The van der Waals surface area contributed by atoms with Crippen LogP contribution in [0.5, 0.6) is 11.6 Å². The number of nitrogens with zero attached hydrogens (tertiary/aromatic N) is 2. The number of hydrogen-bond donors (Lipinski definition) is 1. The Morgan fingerprint density at radius 3 is 2.39 bits per heavy atom. The van der Waals surface area contributed by atoms with Gasteiger partial charge in [-0.05, 0) is 48.9 Å². The number of anilines is 1. The van der Waals surface area contributed by atoms with Crippen LogP contribution in [0.1, 0.15) is 15.9 Å². The number of aromatic nitrogens is 2. The van der Waals surface area contributed by atoms with E-state index in [9.17, 15) is 4.79 Å². The summed E-state index contributed by atoms with van der Waals surface area (Å²) in [7, 11) is 0. The number of aryl methyl sites for hydroxylation is 1. The maximum absolute atomic E-state index is 12.0. The quantitative estimate of drug-likeness (QED) is 0.795. The third kappa shape index (κ3) is 3.91. The number of amides is 1. The van der Waals surface area contributed by atoms with Crippen LogP contribution in [0.2, 0.25) is 0 Å². The second-order valence-corrected chi connectivity index (χ2v) is 4.99. The lowest BCUT2D eigenvalue weighted by Crippen LogP contribution is -2.11. The molecular formula is C18H15N3O2. The minimum absolute atomic E-state index is 0.179. The summed E-state index contributed by atoms with van der Waals surface area (Å²) in [5, 5.41) is 2.82. The van der Waals surface area contributed by atoms with Gasteiger partial charge in [0.25, 0.3) is 5.91 Å². The van der Waals surface area contributed by atoms with Crippen LogP contribution >= 0.6 is 0 Å². The molecule has 0 saturated carbocycles. The zero-order valence-electron chi connectivity index (χ0n) is 12.6. The standard InChI is InChI=1S/C18H15N3O2/c1-13-2-7-17(20-12-13)23-16-5-3-15(4-6-16)21-18(22)14-8-10-19-11-9-14/h2-12H,1H3,(H,21,22). The molecule has 114 valence electrons. The second-order valence-electron chi connectivity index (χ2n) is 4.99. The van der Waals surface area contributed by atoms with Gasteiger partial charge >= 0.3 is 0 Å². The third-order valence-corrected chi connectivity index (χ3v) is 3.16. The average Bonchev–Trinajstić information content (AvgIpc) is 2.59. The molecule has 23 heavy (non-hydrogen) atoms. The minimum Gasteiger partial charge on any atom is -0.439 e. The van der Waals surface area contributed by atoms with Crippen molar-refractivity contribution in [3.63, 3.8) is 0 Å². The molecule has 5 heteroatoms. The molecule has 0 bridgehead atoms. The van der Waals surface area contributed by atoms with E-state index in [1.807, 2.05) is 19.1 Å². The average molecular weight is 305 g/mol. The molecule has 0 aliphatic heterocycles. The fourth-order valence-corrected chi connectivity index (χ4v) is 1.95. The summed E-state index contributed by atoms with van der Waals surface area (Å²) in [6.07, 6.45) is 4.92. The molecule has 1 amide bonds. The van der Waals surface area contributed by atoms with Gasteiger partial charge in [0.2, 0.25) is 5.88 Å². The van der Waals surface area contributed by atoms with Crippen LogP contribution in [0.3, 0.4) is 0 Å². The van der Waals surface area contributed by atoms with Crippen LogP contribution in [0.25, 0.3) is 0 Å². The predicted molar refractivity (Wildman–Crippen MR) is 87.7 cm³/mol. The summed E-state index contributed by atoms with van der Waals surface area (Å²) in [6.45, 7) is 1.97. The molecule has 3 rings (SSSR count). The fourth-order valence-electron chi connectivity index (χ4n) is 1.95. The van der Waals surface area contributed by atoms with E-state index in [-0.39, 0.29) is 5.91 Å². The first kappa shape index (κ1) is 14.7. The highest BCUT2D eigenvalue weighted by Gasteiger charge is 2.05. The predicted octanol–water partition coefficient (Wildman–Crippen LogP) is 3.83. The van der Waals surface area contributed by atoms with E-state index in [1.165, 1.54) is 0 Å². The molecule has 1 N–H and O–H groups in total. The summed E-state index contributed by atoms with van der Waals surface area (Å²) in [6, 6.07) is 14.2. The van der Waals surface area contributed by atoms with Crippen molar-refractivity contribution < 1.29 is 9.53 Å². The van der Waals surface area contributed by atoms with Gasteiger partial charge in [0, 0.05) is 35.9 Å². The van der Waals surface area contributed by atoms with Crippen LogP contribution < -0.4 is 10.1 Å². The highest BCUT2D eigenvalue weighted by molar-refractivity contribution is 6.04. The summed E-state index contributed by atoms with van der Waals surface area (Å²) in [5.41, 5.74) is 2.33. The molecule has 2 aromatic heterocycles. The highest BCUT2D eigenvalue weighted by atomic mass is 16.5. The highest BCUT2D eigenvalue weighted by Crippen LogP contribution is 2.21. The molecule has 0 aliphatic carbocycles. The molecule has 0 fully saturated rings. The lowest BCUT2D eigenvalue weighted by molar-refractivity contribution is 0.102. The lowest BCUT2D eigenvalue weighted by atomic mass is 10.2. The number of rotatable bonds is 4. The molecule has 3 aromatic rings. The molecule has 0 atom stereocenters. The van der Waals surface area contributed by atoms with E-state index in [0.29, 0.717) is 22.9 Å². The molecule has 5 nitrogen and oxygen atoms in total. The topological polar surface area (TPSA) is 64.1 Å². The van der Waals surface area contributed by atoms with E-state index in [4.69, 9.17) is 4.74 Å². The number of benzene rings is 1. The largest absolute Gasteiger partial charge is 0.439 e. The maximum Gasteiger partial charge on any atom is 0.255 e. The number of nitrogens with one attached hydrogen (secondary N) is 1. The zero-order valence-corrected chi connectivity index (χ0v) is 12.6. The van der Waals surface area contributed by atoms with Crippen molar-refractivity contribution in [3.8, 4) is 11.6 Å². The van der Waals surface area contributed by atoms with Crippen molar-refractivity contribution in [3.05, 3.63) is 78.2 Å². The number of carbonyl (C=O) groups is 1. The van der Waals surface area contributed by atoms with Crippen molar-refractivity contribution in [2.24, 2.45) is 0 Å². The van der Waals surface area contributed by atoms with E-state index >= 15 is 0 Å². The molecular weight excluding hydrogens is 290 g/mol. The Labute approximate surface area is 134 Å². The summed E-state index contributed by atoms with van der Waals surface area (Å²) < 4.78 is 5.65. The van der Waals surface area contributed by atoms with Gasteiger partial charge < -0.3 is 10.1 Å². The van der Waals surface area contributed by atoms with E-state index < -0.39 is 0 Å². The molecule has 0 aliphatic rings. The van der Waals surface area contributed by atoms with Crippen molar-refractivity contribution in [1.82, 2.24) is 9.97 Å². The number of carbonyl (C=O) groups excluding carboxylic acids is 1. The van der Waals surface area contributed by atoms with Crippen molar-refractivity contribution in [1.29, 1.82) is 0 Å². The van der Waals surface area contributed by atoms with Crippen LogP contribution in [0.15, 0.2) is 67.1 Å². The Balaban J connectivity index is 1.65. The van der Waals surface area contributed by atoms with Gasteiger partial charge in [0.05, 0.1) is 0 Å². The Hall–Kier alpha value is -3.21. The van der Waals surface area contributed by atoms with Crippen molar-refractivity contribution in [2.45, 2.75) is 6.92 Å². The van der Waals surface area contributed by atoms with E-state index in [0.717, 1.165) is 5.56 Å². The van der Waals surface area contributed by atoms with Crippen molar-refractivity contribution in [2.75, 3.05) is 5.32 Å². The normalized spacial score (nSPS) is 10.1. The second kappa shape index (κ2) is 6.70. The number of pyridine rings is 2. The summed E-state index contributed by atoms with van der Waals surface area (Å²) in [4.78, 5) is 20.1. The van der Waals surface area contributed by atoms with Gasteiger partial charge in [0.15, 0.2) is 0 Å². The molecule has 0 saturated heterocycles. The van der Waals surface area contributed by atoms with Gasteiger partial charge in [-0.1, -0.05) is 6.07 Å². The lowest BCUT2D eigenvalue weighted by Gasteiger charge is -2.07. The first-order valence-electron chi connectivity index (χ1n) is 7.13. The summed E-state index contributed by atoms with van der Waals surface area (Å²) >= 11 is 0. The van der Waals surface area contributed by atoms with Crippen LogP contribution in [-0.4, -0.2) is 15.9 Å². The SMILES string of the molecule is Cc1ccc(Oc2ccc(NC(=O)c3ccncc3)cc2)nc1. The maximum atomic E-state index is 12.0. The monoisotopic (exact) mass is 305 g/mol. The Bertz CT molecular complexity index is 785. The van der Waals surface area contributed by atoms with Gasteiger partial charge in [-0.25, -0.2) is 4.98 Å². The Morgan fingerprint density at radius 1 is 1.00 bits per heavy atom. The van der Waals surface area contributed by atoms with Crippen LogP contribution in [-0.2, 0) is 0 Å². The summed E-state index contributed by atoms with van der Waals surface area (Å²) in [5.74, 6) is 1.01. The van der Waals surface area contributed by atoms with Gasteiger partial charge in [-0.15, -0.1) is 0 Å². The molecule has 0 unspecified atom stereocenters. The molecule has 0 radical (unpaired) electrons. The minimum atomic E-state index is -0.179. The third-order valence-electron chi connectivity index (χ3n) is 3.16. The van der Waals surface area contributed by atoms with Gasteiger partial charge in [-0.3, -0.25) is 9.78 Å². The first-order chi connectivity index (χ1) is 11.2. The molecule has 0 spiro atoms. The van der Waals surface area contributed by atoms with E-state index in [2.05, 4.69) is 15.3 Å². The van der Waals surface area contributed by atoms with E-state index in [1.54, 1.807) is 55.0 Å². The molecule has 2 heterocycles. The zero-order chi connectivity index (χ0) is 16.1. The van der Waals surface area contributed by atoms with Gasteiger partial charge in [-0.2, -0.15) is 0 Å². The molecule has 1 aromatic carbocycles. The van der Waals surface area contributed by atoms with Gasteiger partial charge in [0.1, 0.15) is 5.75 Å². The van der Waals surface area contributed by atoms with Crippen LogP contribution in [0.4, 0.5) is 5.69 Å².